The zero-order valence-electron chi connectivity index (χ0n) is 17.2. The first kappa shape index (κ1) is 22.1. The number of thioether (sulfide) groups is 1. The molecule has 1 N–H and O–H groups in total. The molecule has 0 bridgehead atoms. The number of aryl methyl sites for hydroxylation is 1. The van der Waals surface area contributed by atoms with E-state index in [0.29, 0.717) is 5.69 Å². The van der Waals surface area contributed by atoms with E-state index >= 15 is 0 Å². The first-order chi connectivity index (χ1) is 14.2. The third kappa shape index (κ3) is 4.75. The molecule has 30 heavy (non-hydrogen) atoms. The van der Waals surface area contributed by atoms with Crippen LogP contribution in [0.2, 0.25) is 0 Å². The van der Waals surface area contributed by atoms with Gasteiger partial charge in [-0.2, -0.15) is 0 Å². The van der Waals surface area contributed by atoms with Crippen LogP contribution in [0, 0.1) is 6.92 Å². The SMILES string of the molecule is COc1ccc(NC(=O)CSc2cc(C)c3ccccc3n2)cc1S(=O)(=O)N(C)C. The minimum atomic E-state index is -3.72. The Labute approximate surface area is 180 Å². The number of rotatable bonds is 7. The highest BCUT2D eigenvalue weighted by Gasteiger charge is 2.23. The second-order valence-electron chi connectivity index (χ2n) is 6.78. The van der Waals surface area contributed by atoms with E-state index in [1.165, 1.54) is 45.1 Å². The fraction of sp³-hybridized carbons (Fsp3) is 0.238. The third-order valence-corrected chi connectivity index (χ3v) is 7.20. The number of benzene rings is 2. The highest BCUT2D eigenvalue weighted by molar-refractivity contribution is 7.99. The Balaban J connectivity index is 1.74. The highest BCUT2D eigenvalue weighted by Crippen LogP contribution is 2.29. The van der Waals surface area contributed by atoms with Crippen LogP contribution in [0.3, 0.4) is 0 Å². The monoisotopic (exact) mass is 445 g/mol. The summed E-state index contributed by atoms with van der Waals surface area (Å²) in [5.74, 6) is 0.102. The molecule has 0 unspecified atom stereocenters. The van der Waals surface area contributed by atoms with Crippen LogP contribution >= 0.6 is 11.8 Å². The number of hydrogen-bond donors (Lipinski definition) is 1. The lowest BCUT2D eigenvalue weighted by molar-refractivity contribution is -0.113. The number of para-hydroxylation sites is 1. The molecule has 0 saturated carbocycles. The number of pyridine rings is 1. The molecule has 158 valence electrons. The van der Waals surface area contributed by atoms with E-state index in [-0.39, 0.29) is 22.3 Å². The van der Waals surface area contributed by atoms with Crippen molar-refractivity contribution in [3.8, 4) is 5.75 Å². The summed E-state index contributed by atoms with van der Waals surface area (Å²) in [6.07, 6.45) is 0. The van der Waals surface area contributed by atoms with Crippen molar-refractivity contribution in [2.24, 2.45) is 0 Å². The van der Waals surface area contributed by atoms with Crippen LogP contribution in [0.25, 0.3) is 10.9 Å². The fourth-order valence-electron chi connectivity index (χ4n) is 2.88. The van der Waals surface area contributed by atoms with Gasteiger partial charge in [-0.3, -0.25) is 4.79 Å². The van der Waals surface area contributed by atoms with E-state index in [9.17, 15) is 13.2 Å². The van der Waals surface area contributed by atoms with Gasteiger partial charge in [-0.25, -0.2) is 17.7 Å². The number of amides is 1. The van der Waals surface area contributed by atoms with E-state index in [2.05, 4.69) is 10.3 Å². The number of ether oxygens (including phenoxy) is 1. The Morgan fingerprint density at radius 2 is 1.90 bits per heavy atom. The predicted octanol–water partition coefficient (Wildman–Crippen LogP) is 3.53. The Morgan fingerprint density at radius 1 is 1.17 bits per heavy atom. The number of carbonyl (C=O) groups excluding carboxylic acids is 1. The lowest BCUT2D eigenvalue weighted by atomic mass is 10.1. The van der Waals surface area contributed by atoms with Crippen LogP contribution in [-0.2, 0) is 14.8 Å². The van der Waals surface area contributed by atoms with Crippen molar-refractivity contribution in [2.45, 2.75) is 16.8 Å². The molecule has 0 aliphatic heterocycles. The van der Waals surface area contributed by atoms with Gasteiger partial charge in [0.2, 0.25) is 15.9 Å². The topological polar surface area (TPSA) is 88.6 Å². The average Bonchev–Trinajstić information content (AvgIpc) is 2.72. The molecular formula is C21H23N3O4S2. The summed E-state index contributed by atoms with van der Waals surface area (Å²) < 4.78 is 31.3. The maximum absolute atomic E-state index is 12.5. The summed E-state index contributed by atoms with van der Waals surface area (Å²) >= 11 is 1.32. The molecule has 0 atom stereocenters. The van der Waals surface area contributed by atoms with Crippen LogP contribution in [0.15, 0.2) is 58.5 Å². The molecular weight excluding hydrogens is 422 g/mol. The lowest BCUT2D eigenvalue weighted by Crippen LogP contribution is -2.23. The van der Waals surface area contributed by atoms with Crippen LogP contribution in [0.1, 0.15) is 5.56 Å². The fourth-order valence-corrected chi connectivity index (χ4v) is 4.73. The smallest absolute Gasteiger partial charge is 0.246 e. The number of fused-ring (bicyclic) bond motifs is 1. The second kappa shape index (κ2) is 9.03. The van der Waals surface area contributed by atoms with E-state index in [4.69, 9.17) is 4.74 Å². The van der Waals surface area contributed by atoms with Gasteiger partial charge in [-0.05, 0) is 42.8 Å². The third-order valence-electron chi connectivity index (χ3n) is 4.46. The van der Waals surface area contributed by atoms with E-state index in [0.717, 1.165) is 25.8 Å². The van der Waals surface area contributed by atoms with Crippen molar-refractivity contribution in [2.75, 3.05) is 32.3 Å². The standard InChI is InChI=1S/C21H23N3O4S2/c1-14-11-21(23-17-8-6-5-7-16(14)17)29-13-20(25)22-15-9-10-18(28-4)19(12-15)30(26,27)24(2)3/h5-12H,13H2,1-4H3,(H,22,25). The zero-order chi connectivity index (χ0) is 21.9. The number of methoxy groups -OCH3 is 1. The lowest BCUT2D eigenvalue weighted by Gasteiger charge is -2.16. The zero-order valence-corrected chi connectivity index (χ0v) is 18.8. The summed E-state index contributed by atoms with van der Waals surface area (Å²) in [5.41, 5.74) is 2.36. The number of nitrogens with one attached hydrogen (secondary N) is 1. The molecule has 0 aliphatic carbocycles. The van der Waals surface area contributed by atoms with Gasteiger partial charge in [0.15, 0.2) is 0 Å². The van der Waals surface area contributed by atoms with Gasteiger partial charge < -0.3 is 10.1 Å². The molecule has 1 aromatic heterocycles. The summed E-state index contributed by atoms with van der Waals surface area (Å²) in [6.45, 7) is 2.01. The molecule has 0 fully saturated rings. The summed E-state index contributed by atoms with van der Waals surface area (Å²) in [6, 6.07) is 14.3. The molecule has 0 saturated heterocycles. The van der Waals surface area contributed by atoms with Crippen LogP contribution < -0.4 is 10.1 Å². The maximum atomic E-state index is 12.5. The van der Waals surface area contributed by atoms with Gasteiger partial charge in [0, 0.05) is 25.2 Å². The van der Waals surface area contributed by atoms with Gasteiger partial charge in [0.25, 0.3) is 0 Å². The van der Waals surface area contributed by atoms with Crippen LogP contribution in [0.5, 0.6) is 5.75 Å². The molecule has 3 aromatic rings. The molecule has 0 spiro atoms. The predicted molar refractivity (Wildman–Crippen MR) is 120 cm³/mol. The number of carbonyl (C=O) groups is 1. The second-order valence-corrected chi connectivity index (χ2v) is 9.90. The maximum Gasteiger partial charge on any atom is 0.246 e. The minimum absolute atomic E-state index is 0.00715. The molecule has 7 nitrogen and oxygen atoms in total. The van der Waals surface area contributed by atoms with Gasteiger partial charge in [0.1, 0.15) is 10.6 Å². The summed E-state index contributed by atoms with van der Waals surface area (Å²) in [5, 5.41) is 4.58. The minimum Gasteiger partial charge on any atom is -0.495 e. The molecule has 2 aromatic carbocycles. The molecule has 0 radical (unpaired) electrons. The van der Waals surface area contributed by atoms with E-state index in [1.54, 1.807) is 6.07 Å². The molecule has 3 rings (SSSR count). The number of anilines is 1. The first-order valence-corrected chi connectivity index (χ1v) is 11.5. The number of aromatic nitrogens is 1. The number of sulfonamides is 1. The van der Waals surface area contributed by atoms with Gasteiger partial charge in [-0.1, -0.05) is 30.0 Å². The van der Waals surface area contributed by atoms with E-state index < -0.39 is 10.0 Å². The molecule has 1 amide bonds. The van der Waals surface area contributed by atoms with Crippen molar-refractivity contribution < 1.29 is 17.9 Å². The Hall–Kier alpha value is -2.62. The Bertz CT molecular complexity index is 1190. The van der Waals surface area contributed by atoms with Crippen molar-refractivity contribution in [3.63, 3.8) is 0 Å². The van der Waals surface area contributed by atoms with Gasteiger partial charge in [0.05, 0.1) is 23.4 Å². The normalized spacial score (nSPS) is 11.6. The number of hydrogen-bond acceptors (Lipinski definition) is 6. The van der Waals surface area contributed by atoms with Crippen molar-refractivity contribution in [1.29, 1.82) is 0 Å². The van der Waals surface area contributed by atoms with Crippen molar-refractivity contribution in [1.82, 2.24) is 9.29 Å². The Morgan fingerprint density at radius 3 is 2.60 bits per heavy atom. The van der Waals surface area contributed by atoms with Gasteiger partial charge in [-0.15, -0.1) is 0 Å². The quantitative estimate of drug-likeness (QED) is 0.560. The van der Waals surface area contributed by atoms with E-state index in [1.807, 2.05) is 37.3 Å². The molecule has 9 heteroatoms. The summed E-state index contributed by atoms with van der Waals surface area (Å²) in [4.78, 5) is 17.0. The van der Waals surface area contributed by atoms with Gasteiger partial charge >= 0.3 is 0 Å². The summed E-state index contributed by atoms with van der Waals surface area (Å²) in [7, 11) is 0.563. The average molecular weight is 446 g/mol. The molecule has 0 aliphatic rings. The van der Waals surface area contributed by atoms with Crippen LogP contribution in [0.4, 0.5) is 5.69 Å². The molecule has 1 heterocycles. The highest BCUT2D eigenvalue weighted by atomic mass is 32.2. The van der Waals surface area contributed by atoms with Crippen molar-refractivity contribution >= 4 is 44.3 Å². The van der Waals surface area contributed by atoms with Crippen molar-refractivity contribution in [3.05, 3.63) is 54.1 Å². The first-order valence-electron chi connectivity index (χ1n) is 9.12. The largest absolute Gasteiger partial charge is 0.495 e. The number of nitrogens with zero attached hydrogens (tertiary/aromatic N) is 2. The Kier molecular flexibility index (Phi) is 6.64. The van der Waals surface area contributed by atoms with Crippen LogP contribution in [-0.4, -0.2) is 50.6 Å².